The number of carbonyl (C=O) groups excluding carboxylic acids is 1. The Morgan fingerprint density at radius 3 is 2.32 bits per heavy atom. The third kappa shape index (κ3) is 3.41. The van der Waals surface area contributed by atoms with E-state index in [1.54, 1.807) is 0 Å². The van der Waals surface area contributed by atoms with Crippen LogP contribution in [0.4, 0.5) is 4.79 Å². The van der Waals surface area contributed by atoms with Crippen LogP contribution in [-0.4, -0.2) is 41.4 Å². The third-order valence-corrected chi connectivity index (χ3v) is 4.58. The Labute approximate surface area is 116 Å². The van der Waals surface area contributed by atoms with Gasteiger partial charge in [-0.3, -0.25) is 0 Å². The molecule has 2 aliphatic rings. The molecule has 3 atom stereocenters. The number of aliphatic hydroxyl groups excluding tert-OH is 1. The van der Waals surface area contributed by atoms with Crippen LogP contribution in [0.1, 0.15) is 40.5 Å². The number of amides is 1. The first-order valence-corrected chi connectivity index (χ1v) is 7.42. The van der Waals surface area contributed by atoms with Gasteiger partial charge in [0.15, 0.2) is 0 Å². The summed E-state index contributed by atoms with van der Waals surface area (Å²) in [5, 5.41) is 9.26. The minimum atomic E-state index is -0.416. The van der Waals surface area contributed by atoms with Gasteiger partial charge in [0, 0.05) is 19.7 Å². The van der Waals surface area contributed by atoms with Gasteiger partial charge in [0.1, 0.15) is 5.60 Å². The summed E-state index contributed by atoms with van der Waals surface area (Å²) >= 11 is 0. The van der Waals surface area contributed by atoms with Gasteiger partial charge in [0.05, 0.1) is 0 Å². The van der Waals surface area contributed by atoms with Gasteiger partial charge < -0.3 is 14.7 Å². The van der Waals surface area contributed by atoms with Crippen LogP contribution >= 0.6 is 0 Å². The molecule has 110 valence electrons. The van der Waals surface area contributed by atoms with Gasteiger partial charge in [-0.2, -0.15) is 0 Å². The van der Waals surface area contributed by atoms with Gasteiger partial charge in [0.2, 0.25) is 0 Å². The molecule has 1 saturated heterocycles. The van der Waals surface area contributed by atoms with Crippen LogP contribution in [0.2, 0.25) is 0 Å². The summed E-state index contributed by atoms with van der Waals surface area (Å²) in [7, 11) is 0. The maximum Gasteiger partial charge on any atom is 0.410 e. The lowest BCUT2D eigenvalue weighted by Crippen LogP contribution is -2.42. The smallest absolute Gasteiger partial charge is 0.410 e. The number of nitrogens with zero attached hydrogens (tertiary/aromatic N) is 1. The second-order valence-electron chi connectivity index (χ2n) is 7.09. The van der Waals surface area contributed by atoms with Crippen molar-refractivity contribution in [2.45, 2.75) is 46.1 Å². The highest BCUT2D eigenvalue weighted by Gasteiger charge is 2.50. The second-order valence-corrected chi connectivity index (χ2v) is 7.09. The Morgan fingerprint density at radius 2 is 1.89 bits per heavy atom. The van der Waals surface area contributed by atoms with E-state index in [0.717, 1.165) is 25.9 Å². The molecular weight excluding hydrogens is 242 g/mol. The molecule has 0 aromatic rings. The average Bonchev–Trinajstić information content (AvgIpc) is 2.98. The van der Waals surface area contributed by atoms with E-state index >= 15 is 0 Å². The maximum atomic E-state index is 12.0. The van der Waals surface area contributed by atoms with Gasteiger partial charge in [-0.25, -0.2) is 4.79 Å². The van der Waals surface area contributed by atoms with Gasteiger partial charge in [0.25, 0.3) is 0 Å². The maximum absolute atomic E-state index is 12.0. The SMILES string of the molecule is CC1C(CO)C1C1CCN(C(=O)OC(C)(C)C)CC1. The standard InChI is InChI=1S/C15H27NO3/c1-10-12(9-17)13(10)11-5-7-16(8-6-11)14(18)19-15(2,3)4/h10-13,17H,5-9H2,1-4H3. The molecule has 4 heteroatoms. The third-order valence-electron chi connectivity index (χ3n) is 4.58. The molecule has 3 unspecified atom stereocenters. The lowest BCUT2D eigenvalue weighted by molar-refractivity contribution is 0.0171. The summed E-state index contributed by atoms with van der Waals surface area (Å²) in [5.74, 6) is 2.50. The number of rotatable bonds is 2. The van der Waals surface area contributed by atoms with Crippen LogP contribution in [-0.2, 0) is 4.74 Å². The van der Waals surface area contributed by atoms with Crippen LogP contribution in [0.5, 0.6) is 0 Å². The lowest BCUT2D eigenvalue weighted by Gasteiger charge is -2.33. The minimum absolute atomic E-state index is 0.187. The molecule has 19 heavy (non-hydrogen) atoms. The molecule has 2 fully saturated rings. The Hall–Kier alpha value is -0.770. The first-order valence-electron chi connectivity index (χ1n) is 7.42. The van der Waals surface area contributed by atoms with Crippen molar-refractivity contribution in [3.8, 4) is 0 Å². The molecule has 1 aliphatic heterocycles. The molecule has 1 heterocycles. The van der Waals surface area contributed by atoms with E-state index in [2.05, 4.69) is 6.92 Å². The van der Waals surface area contributed by atoms with Crippen LogP contribution in [0.15, 0.2) is 0 Å². The summed E-state index contributed by atoms with van der Waals surface area (Å²) < 4.78 is 5.40. The van der Waals surface area contributed by atoms with E-state index in [0.29, 0.717) is 30.3 Å². The topological polar surface area (TPSA) is 49.8 Å². The molecule has 0 aromatic heterocycles. The molecule has 1 aliphatic carbocycles. The van der Waals surface area contributed by atoms with E-state index in [4.69, 9.17) is 4.74 Å². The molecule has 0 aromatic carbocycles. The van der Waals surface area contributed by atoms with Crippen molar-refractivity contribution in [1.82, 2.24) is 4.90 Å². The molecule has 1 saturated carbocycles. The van der Waals surface area contributed by atoms with Crippen molar-refractivity contribution < 1.29 is 14.6 Å². The number of aliphatic hydroxyl groups is 1. The van der Waals surface area contributed by atoms with Crippen molar-refractivity contribution in [2.24, 2.45) is 23.7 Å². The van der Waals surface area contributed by atoms with Crippen LogP contribution in [0.3, 0.4) is 0 Å². The highest BCUT2D eigenvalue weighted by atomic mass is 16.6. The van der Waals surface area contributed by atoms with Gasteiger partial charge in [-0.15, -0.1) is 0 Å². The number of carbonyl (C=O) groups is 1. The minimum Gasteiger partial charge on any atom is -0.444 e. The molecule has 2 rings (SSSR count). The average molecular weight is 269 g/mol. The summed E-state index contributed by atoms with van der Waals surface area (Å²) in [6.45, 7) is 9.83. The second kappa shape index (κ2) is 5.31. The molecule has 0 bridgehead atoms. The van der Waals surface area contributed by atoms with E-state index in [9.17, 15) is 9.90 Å². The molecule has 0 radical (unpaired) electrons. The summed E-state index contributed by atoms with van der Waals surface area (Å²) in [4.78, 5) is 13.8. The lowest BCUT2D eigenvalue weighted by atomic mass is 9.90. The summed E-state index contributed by atoms with van der Waals surface area (Å²) in [6, 6.07) is 0. The predicted octanol–water partition coefficient (Wildman–Crippen LogP) is 2.51. The molecule has 1 N–H and O–H groups in total. The molecule has 0 spiro atoms. The highest BCUT2D eigenvalue weighted by molar-refractivity contribution is 5.68. The Bertz CT molecular complexity index is 329. The zero-order chi connectivity index (χ0) is 14.2. The number of piperidine rings is 1. The quantitative estimate of drug-likeness (QED) is 0.838. The fraction of sp³-hybridized carbons (Fsp3) is 0.933. The Kier molecular flexibility index (Phi) is 4.09. The number of likely N-dealkylation sites (tertiary alicyclic amines) is 1. The van der Waals surface area contributed by atoms with Crippen molar-refractivity contribution in [1.29, 1.82) is 0 Å². The molecular formula is C15H27NO3. The fourth-order valence-corrected chi connectivity index (χ4v) is 3.44. The first kappa shape index (κ1) is 14.6. The van der Waals surface area contributed by atoms with Crippen LogP contribution in [0, 0.1) is 23.7 Å². The fourth-order valence-electron chi connectivity index (χ4n) is 3.44. The monoisotopic (exact) mass is 269 g/mol. The number of ether oxygens (including phenoxy) is 1. The van der Waals surface area contributed by atoms with E-state index in [1.807, 2.05) is 25.7 Å². The van der Waals surface area contributed by atoms with Crippen molar-refractivity contribution in [2.75, 3.05) is 19.7 Å². The number of hydrogen-bond acceptors (Lipinski definition) is 3. The highest BCUT2D eigenvalue weighted by Crippen LogP contribution is 2.53. The van der Waals surface area contributed by atoms with E-state index in [-0.39, 0.29) is 6.09 Å². The molecule has 4 nitrogen and oxygen atoms in total. The first-order chi connectivity index (χ1) is 8.83. The zero-order valence-electron chi connectivity index (χ0n) is 12.6. The molecule has 1 amide bonds. The zero-order valence-corrected chi connectivity index (χ0v) is 12.6. The predicted molar refractivity (Wildman–Crippen MR) is 73.8 cm³/mol. The Morgan fingerprint density at radius 1 is 1.32 bits per heavy atom. The van der Waals surface area contributed by atoms with Gasteiger partial charge >= 0.3 is 6.09 Å². The number of hydrogen-bond donors (Lipinski definition) is 1. The largest absolute Gasteiger partial charge is 0.444 e. The summed E-state index contributed by atoms with van der Waals surface area (Å²) in [6.07, 6.45) is 1.91. The summed E-state index contributed by atoms with van der Waals surface area (Å²) in [5.41, 5.74) is -0.416. The van der Waals surface area contributed by atoms with Gasteiger partial charge in [-0.05, 0) is 57.3 Å². The van der Waals surface area contributed by atoms with Gasteiger partial charge in [-0.1, -0.05) is 6.92 Å². The van der Waals surface area contributed by atoms with Crippen molar-refractivity contribution in [3.05, 3.63) is 0 Å². The van der Waals surface area contributed by atoms with Crippen LogP contribution in [0.25, 0.3) is 0 Å². The Balaban J connectivity index is 1.78. The van der Waals surface area contributed by atoms with E-state index < -0.39 is 5.60 Å². The van der Waals surface area contributed by atoms with Crippen molar-refractivity contribution >= 4 is 6.09 Å². The normalized spacial score (nSPS) is 32.3. The van der Waals surface area contributed by atoms with Crippen LogP contribution < -0.4 is 0 Å². The van der Waals surface area contributed by atoms with E-state index in [1.165, 1.54) is 0 Å². The van der Waals surface area contributed by atoms with Crippen molar-refractivity contribution in [3.63, 3.8) is 0 Å².